The van der Waals surface area contributed by atoms with Gasteiger partial charge in [0, 0.05) is 44.0 Å². The molecule has 2 aliphatic heterocycles. The zero-order valence-corrected chi connectivity index (χ0v) is 18.6. The minimum Gasteiger partial charge on any atom is -0.489 e. The Morgan fingerprint density at radius 3 is 2.67 bits per heavy atom. The quantitative estimate of drug-likeness (QED) is 0.503. The van der Waals surface area contributed by atoms with E-state index in [1.807, 2.05) is 0 Å². The number of rotatable bonds is 2. The van der Waals surface area contributed by atoms with Crippen LogP contribution in [0.1, 0.15) is 16.1 Å². The van der Waals surface area contributed by atoms with Gasteiger partial charge >= 0.3 is 11.8 Å². The van der Waals surface area contributed by atoms with Gasteiger partial charge in [-0.15, -0.1) is 0 Å². The van der Waals surface area contributed by atoms with E-state index in [-0.39, 0.29) is 36.0 Å². The number of aromatic nitrogens is 1. The molecule has 11 nitrogen and oxygen atoms in total. The summed E-state index contributed by atoms with van der Waals surface area (Å²) in [5.41, 5.74) is 5.68. The molecule has 4 N–H and O–H groups in total. The maximum Gasteiger partial charge on any atom is 0.311 e. The summed E-state index contributed by atoms with van der Waals surface area (Å²) in [4.78, 5) is 37.1. The molecule has 2 aromatic rings. The summed E-state index contributed by atoms with van der Waals surface area (Å²) >= 11 is 0. The molecule has 2 atom stereocenters. The molecule has 1 fully saturated rings. The van der Waals surface area contributed by atoms with Crippen LogP contribution in [0.2, 0.25) is 0 Å². The highest BCUT2D eigenvalue weighted by Gasteiger charge is 2.43. The number of anilines is 1. The van der Waals surface area contributed by atoms with Crippen LogP contribution < -0.4 is 20.5 Å². The zero-order valence-electron chi connectivity index (χ0n) is 17.8. The number of sulfonamides is 1. The van der Waals surface area contributed by atoms with E-state index < -0.39 is 45.5 Å². The molecule has 1 saturated heterocycles. The predicted molar refractivity (Wildman–Crippen MR) is 113 cm³/mol. The van der Waals surface area contributed by atoms with E-state index in [1.165, 1.54) is 40.9 Å². The molecule has 3 heterocycles. The summed E-state index contributed by atoms with van der Waals surface area (Å²) in [5.74, 6) is -3.71. The third-order valence-electron chi connectivity index (χ3n) is 5.71. The normalized spacial score (nSPS) is 21.2. The number of nitrogens with two attached hydrogens (primary N) is 1. The fourth-order valence-electron chi connectivity index (χ4n) is 4.03. The SMILES string of the molecule is Cc1cc(NC(=O)c2c3c(cn2C)S(=O)(=O)N[C@@H]2CN(C(=O)C(N)=O)C[C@@H]2CO3)ccc1F. The second kappa shape index (κ2) is 8.15. The smallest absolute Gasteiger partial charge is 0.311 e. The number of aryl methyl sites for hydroxylation is 2. The van der Waals surface area contributed by atoms with Gasteiger partial charge in [-0.05, 0) is 30.7 Å². The average Bonchev–Trinajstić information content (AvgIpc) is 3.27. The molecule has 0 spiro atoms. The highest BCUT2D eigenvalue weighted by molar-refractivity contribution is 7.89. The molecule has 1 aromatic carbocycles. The zero-order chi connectivity index (χ0) is 24.1. The Labute approximate surface area is 188 Å². The van der Waals surface area contributed by atoms with E-state index in [1.54, 1.807) is 6.92 Å². The van der Waals surface area contributed by atoms with Gasteiger partial charge in [0.15, 0.2) is 11.4 Å². The second-order valence-electron chi connectivity index (χ2n) is 8.07. The Morgan fingerprint density at radius 1 is 1.27 bits per heavy atom. The van der Waals surface area contributed by atoms with Crippen LogP contribution in [0, 0.1) is 18.7 Å². The number of hydrogen-bond donors (Lipinski definition) is 3. The lowest BCUT2D eigenvalue weighted by Crippen LogP contribution is -2.44. The molecule has 4 rings (SSSR count). The first-order chi connectivity index (χ1) is 15.5. The lowest BCUT2D eigenvalue weighted by Gasteiger charge is -2.23. The molecule has 3 amide bonds. The molecule has 176 valence electrons. The van der Waals surface area contributed by atoms with Gasteiger partial charge in [-0.25, -0.2) is 17.5 Å². The van der Waals surface area contributed by atoms with Crippen LogP contribution in [-0.2, 0) is 26.7 Å². The maximum absolute atomic E-state index is 13.5. The van der Waals surface area contributed by atoms with Crippen LogP contribution >= 0.6 is 0 Å². The topological polar surface area (TPSA) is 153 Å². The van der Waals surface area contributed by atoms with Crippen LogP contribution in [0.5, 0.6) is 5.75 Å². The number of likely N-dealkylation sites (tertiary alicyclic amines) is 1. The lowest BCUT2D eigenvalue weighted by molar-refractivity contribution is -0.143. The van der Waals surface area contributed by atoms with Gasteiger partial charge < -0.3 is 25.3 Å². The van der Waals surface area contributed by atoms with Gasteiger partial charge in [0.1, 0.15) is 10.7 Å². The molecule has 0 aliphatic carbocycles. The van der Waals surface area contributed by atoms with Crippen molar-refractivity contribution in [2.75, 3.05) is 25.0 Å². The first kappa shape index (κ1) is 22.7. The molecule has 13 heteroatoms. The minimum absolute atomic E-state index is 0.0112. The first-order valence-electron chi connectivity index (χ1n) is 9.98. The van der Waals surface area contributed by atoms with Crippen molar-refractivity contribution in [2.24, 2.45) is 18.7 Å². The Kier molecular flexibility index (Phi) is 5.62. The van der Waals surface area contributed by atoms with Crippen molar-refractivity contribution in [1.82, 2.24) is 14.2 Å². The lowest BCUT2D eigenvalue weighted by atomic mass is 10.1. The third-order valence-corrected chi connectivity index (χ3v) is 7.19. The van der Waals surface area contributed by atoms with Crippen LogP contribution in [0.4, 0.5) is 10.1 Å². The van der Waals surface area contributed by atoms with Gasteiger partial charge in [0.25, 0.3) is 5.91 Å². The van der Waals surface area contributed by atoms with Crippen molar-refractivity contribution in [3.8, 4) is 5.75 Å². The summed E-state index contributed by atoms with van der Waals surface area (Å²) in [6, 6.07) is 3.36. The average molecular weight is 479 g/mol. The number of primary amides is 1. The molecule has 2 aliphatic rings. The van der Waals surface area contributed by atoms with Crippen molar-refractivity contribution in [1.29, 1.82) is 0 Å². The van der Waals surface area contributed by atoms with Gasteiger partial charge in [0.05, 0.1) is 6.61 Å². The van der Waals surface area contributed by atoms with E-state index in [9.17, 15) is 27.2 Å². The summed E-state index contributed by atoms with van der Waals surface area (Å²) in [7, 11) is -2.62. The Morgan fingerprint density at radius 2 is 2.00 bits per heavy atom. The highest BCUT2D eigenvalue weighted by Crippen LogP contribution is 2.34. The number of benzene rings is 1. The van der Waals surface area contributed by atoms with Gasteiger partial charge in [-0.2, -0.15) is 0 Å². The number of nitrogens with one attached hydrogen (secondary N) is 2. The number of hydrogen-bond acceptors (Lipinski definition) is 6. The molecule has 1 aromatic heterocycles. The van der Waals surface area contributed by atoms with Crippen LogP contribution in [-0.4, -0.2) is 61.3 Å². The summed E-state index contributed by atoms with van der Waals surface area (Å²) in [6.45, 7) is 1.57. The molecular formula is C20H22FN5O6S. The number of carbonyl (C=O) groups is 3. The molecule has 0 bridgehead atoms. The van der Waals surface area contributed by atoms with Gasteiger partial charge in [0.2, 0.25) is 10.0 Å². The number of carbonyl (C=O) groups excluding carboxylic acids is 3. The standard InChI is InChI=1S/C20H22FN5O6S/c1-10-5-12(3-4-13(10)21)23-19(28)16-17-15(8-25(16)2)33(30,31)24-14-7-26(20(29)18(22)27)6-11(14)9-32-17/h3-5,8,11,14,24H,6-7,9H2,1-2H3,(H2,22,27)(H,23,28)/t11-,14-/m1/s1. The minimum atomic E-state index is -4.13. The molecule has 33 heavy (non-hydrogen) atoms. The van der Waals surface area contributed by atoms with Gasteiger partial charge in [-0.3, -0.25) is 14.4 Å². The van der Waals surface area contributed by atoms with E-state index >= 15 is 0 Å². The van der Waals surface area contributed by atoms with E-state index in [0.717, 1.165) is 0 Å². The number of nitrogens with zero attached hydrogens (tertiary/aromatic N) is 2. The monoisotopic (exact) mass is 479 g/mol. The van der Waals surface area contributed by atoms with Crippen LogP contribution in [0.3, 0.4) is 0 Å². The second-order valence-corrected chi connectivity index (χ2v) is 9.76. The van der Waals surface area contributed by atoms with Crippen LogP contribution in [0.15, 0.2) is 29.3 Å². The summed E-state index contributed by atoms with van der Waals surface area (Å²) in [5, 5.41) is 2.62. The largest absolute Gasteiger partial charge is 0.489 e. The Bertz CT molecular complexity index is 1270. The number of halogens is 1. The highest BCUT2D eigenvalue weighted by atomic mass is 32.2. The van der Waals surface area contributed by atoms with Crippen molar-refractivity contribution in [3.63, 3.8) is 0 Å². The fourth-order valence-corrected chi connectivity index (χ4v) is 5.52. The van der Waals surface area contributed by atoms with E-state index in [4.69, 9.17) is 10.5 Å². The van der Waals surface area contributed by atoms with Crippen molar-refractivity contribution < 1.29 is 31.9 Å². The third kappa shape index (κ3) is 4.16. The van der Waals surface area contributed by atoms with E-state index in [0.29, 0.717) is 11.3 Å². The van der Waals surface area contributed by atoms with Gasteiger partial charge in [-0.1, -0.05) is 0 Å². The van der Waals surface area contributed by atoms with Crippen molar-refractivity contribution in [3.05, 3.63) is 41.5 Å². The molecular weight excluding hydrogens is 457 g/mol. The Balaban J connectivity index is 1.64. The van der Waals surface area contributed by atoms with Crippen molar-refractivity contribution in [2.45, 2.75) is 17.9 Å². The maximum atomic E-state index is 13.5. The fraction of sp³-hybridized carbons (Fsp3) is 0.350. The number of amides is 3. The van der Waals surface area contributed by atoms with Crippen LogP contribution in [0.25, 0.3) is 0 Å². The predicted octanol–water partition coefficient (Wildman–Crippen LogP) is -0.292. The Hall–Kier alpha value is -3.45. The number of fused-ring (bicyclic) bond motifs is 2. The molecule has 0 unspecified atom stereocenters. The first-order valence-corrected chi connectivity index (χ1v) is 11.5. The van der Waals surface area contributed by atoms with Crippen molar-refractivity contribution >= 4 is 33.4 Å². The summed E-state index contributed by atoms with van der Waals surface area (Å²) in [6.07, 6.45) is 1.25. The summed E-state index contributed by atoms with van der Waals surface area (Å²) < 4.78 is 49.3. The molecule has 0 radical (unpaired) electrons. The molecule has 0 saturated carbocycles. The van der Waals surface area contributed by atoms with E-state index in [2.05, 4.69) is 10.0 Å². The number of ether oxygens (including phenoxy) is 1.